The van der Waals surface area contributed by atoms with E-state index < -0.39 is 0 Å². The summed E-state index contributed by atoms with van der Waals surface area (Å²) in [6.45, 7) is 0.946. The second-order valence-electron chi connectivity index (χ2n) is 7.30. The largest absolute Gasteiger partial charge is 0.490 e. The van der Waals surface area contributed by atoms with Crippen LogP contribution in [0.2, 0.25) is 0 Å². The first kappa shape index (κ1) is 22.7. The fourth-order valence-corrected chi connectivity index (χ4v) is 3.19. The van der Waals surface area contributed by atoms with Gasteiger partial charge in [-0.25, -0.2) is 0 Å². The van der Waals surface area contributed by atoms with Gasteiger partial charge in [0.1, 0.15) is 30.5 Å². The fourth-order valence-electron chi connectivity index (χ4n) is 3.19. The molecule has 0 saturated carbocycles. The van der Waals surface area contributed by atoms with Gasteiger partial charge in [0.15, 0.2) is 0 Å². The van der Waals surface area contributed by atoms with Crippen LogP contribution in [0.3, 0.4) is 0 Å². The Labute approximate surface area is 197 Å². The summed E-state index contributed by atoms with van der Waals surface area (Å²) in [5.74, 6) is 1.35. The summed E-state index contributed by atoms with van der Waals surface area (Å²) in [5.41, 5.74) is 1.45. The van der Waals surface area contributed by atoms with Crippen LogP contribution < -0.4 is 20.1 Å². The first-order valence-electron chi connectivity index (χ1n) is 10.8. The molecule has 172 valence electrons. The molecule has 1 heterocycles. The number of amides is 2. The summed E-state index contributed by atoms with van der Waals surface area (Å²) < 4.78 is 16.6. The van der Waals surface area contributed by atoms with Crippen LogP contribution in [0.1, 0.15) is 26.5 Å². The molecular weight excluding hydrogens is 432 g/mol. The van der Waals surface area contributed by atoms with Crippen LogP contribution in [-0.4, -0.2) is 25.0 Å². The van der Waals surface area contributed by atoms with Crippen LogP contribution in [-0.2, 0) is 6.54 Å². The van der Waals surface area contributed by atoms with Gasteiger partial charge in [0, 0.05) is 11.3 Å². The molecule has 7 heteroatoms. The van der Waals surface area contributed by atoms with Crippen molar-refractivity contribution in [2.75, 3.05) is 18.5 Å². The zero-order valence-electron chi connectivity index (χ0n) is 18.4. The van der Waals surface area contributed by atoms with Crippen LogP contribution >= 0.6 is 0 Å². The fraction of sp³-hybridized carbons (Fsp3) is 0.111. The minimum Gasteiger partial charge on any atom is -0.490 e. The number of furan rings is 1. The Morgan fingerprint density at radius 1 is 0.735 bits per heavy atom. The standard InChI is InChI=1S/C27H24N2O5/c30-26(28-19-23-9-6-16-32-23)20-12-14-21(15-13-20)29-27(31)24-10-4-5-11-25(24)34-18-17-33-22-7-2-1-3-8-22/h1-16H,17-19H2,(H,28,30)(H,29,31). The first-order chi connectivity index (χ1) is 16.7. The molecule has 4 rings (SSSR count). The monoisotopic (exact) mass is 456 g/mol. The number of para-hydroxylation sites is 2. The number of carbonyl (C=O) groups is 2. The lowest BCUT2D eigenvalue weighted by molar-refractivity contribution is 0.0947. The topological polar surface area (TPSA) is 89.8 Å². The van der Waals surface area contributed by atoms with E-state index in [9.17, 15) is 9.59 Å². The number of anilines is 1. The van der Waals surface area contributed by atoms with E-state index in [0.717, 1.165) is 5.75 Å². The molecule has 0 bridgehead atoms. The van der Waals surface area contributed by atoms with E-state index in [1.165, 1.54) is 0 Å². The van der Waals surface area contributed by atoms with Crippen molar-refractivity contribution >= 4 is 17.5 Å². The SMILES string of the molecule is O=C(NCc1ccco1)c1ccc(NC(=O)c2ccccc2OCCOc2ccccc2)cc1. The molecule has 0 atom stereocenters. The zero-order chi connectivity index (χ0) is 23.6. The van der Waals surface area contributed by atoms with Gasteiger partial charge < -0.3 is 24.5 Å². The van der Waals surface area contributed by atoms with Gasteiger partial charge in [0.25, 0.3) is 11.8 Å². The summed E-state index contributed by atoms with van der Waals surface area (Å²) in [4.78, 5) is 25.1. The molecule has 0 aliphatic rings. The van der Waals surface area contributed by atoms with Crippen LogP contribution in [0.5, 0.6) is 11.5 Å². The Balaban J connectivity index is 1.30. The zero-order valence-corrected chi connectivity index (χ0v) is 18.4. The average Bonchev–Trinajstić information content (AvgIpc) is 3.40. The molecule has 34 heavy (non-hydrogen) atoms. The van der Waals surface area contributed by atoms with Crippen LogP contribution in [0, 0.1) is 0 Å². The molecule has 7 nitrogen and oxygen atoms in total. The van der Waals surface area contributed by atoms with Crippen molar-refractivity contribution in [3.05, 3.63) is 114 Å². The van der Waals surface area contributed by atoms with Crippen molar-refractivity contribution in [2.45, 2.75) is 6.54 Å². The number of ether oxygens (including phenoxy) is 2. The van der Waals surface area contributed by atoms with E-state index in [-0.39, 0.29) is 11.8 Å². The van der Waals surface area contributed by atoms with Gasteiger partial charge in [0.05, 0.1) is 18.4 Å². The predicted molar refractivity (Wildman–Crippen MR) is 128 cm³/mol. The van der Waals surface area contributed by atoms with Crippen LogP contribution in [0.4, 0.5) is 5.69 Å². The van der Waals surface area contributed by atoms with E-state index >= 15 is 0 Å². The number of hydrogen-bond acceptors (Lipinski definition) is 5. The number of carbonyl (C=O) groups excluding carboxylic acids is 2. The third kappa shape index (κ3) is 6.26. The second kappa shape index (κ2) is 11.4. The maximum atomic E-state index is 12.8. The van der Waals surface area contributed by atoms with Gasteiger partial charge in [-0.2, -0.15) is 0 Å². The molecule has 0 fully saturated rings. The van der Waals surface area contributed by atoms with E-state index in [4.69, 9.17) is 13.9 Å². The molecule has 2 N–H and O–H groups in total. The van der Waals surface area contributed by atoms with E-state index in [1.807, 2.05) is 30.3 Å². The highest BCUT2D eigenvalue weighted by molar-refractivity contribution is 6.06. The Morgan fingerprint density at radius 3 is 2.24 bits per heavy atom. The highest BCUT2D eigenvalue weighted by atomic mass is 16.5. The maximum absolute atomic E-state index is 12.8. The van der Waals surface area contributed by atoms with Crippen molar-refractivity contribution in [1.29, 1.82) is 0 Å². The third-order valence-corrected chi connectivity index (χ3v) is 4.89. The molecular formula is C27H24N2O5. The second-order valence-corrected chi connectivity index (χ2v) is 7.30. The summed E-state index contributed by atoms with van der Waals surface area (Å²) in [7, 11) is 0. The van der Waals surface area contributed by atoms with Crippen molar-refractivity contribution in [1.82, 2.24) is 5.32 Å². The van der Waals surface area contributed by atoms with Crippen molar-refractivity contribution in [3.63, 3.8) is 0 Å². The van der Waals surface area contributed by atoms with E-state index in [1.54, 1.807) is 66.9 Å². The highest BCUT2D eigenvalue weighted by Crippen LogP contribution is 2.20. The molecule has 2 amide bonds. The third-order valence-electron chi connectivity index (χ3n) is 4.89. The molecule has 0 saturated heterocycles. The Bertz CT molecular complexity index is 1210. The lowest BCUT2D eigenvalue weighted by atomic mass is 10.1. The van der Waals surface area contributed by atoms with Gasteiger partial charge in [-0.15, -0.1) is 0 Å². The molecule has 4 aromatic rings. The normalized spacial score (nSPS) is 10.4. The minimum atomic E-state index is -0.311. The van der Waals surface area contributed by atoms with Crippen molar-refractivity contribution in [2.24, 2.45) is 0 Å². The van der Waals surface area contributed by atoms with Gasteiger partial charge >= 0.3 is 0 Å². The molecule has 0 aliphatic carbocycles. The number of nitrogens with one attached hydrogen (secondary N) is 2. The molecule has 0 spiro atoms. The van der Waals surface area contributed by atoms with Gasteiger partial charge in [-0.3, -0.25) is 9.59 Å². The van der Waals surface area contributed by atoms with Gasteiger partial charge in [0.2, 0.25) is 0 Å². The smallest absolute Gasteiger partial charge is 0.259 e. The highest BCUT2D eigenvalue weighted by Gasteiger charge is 2.13. The van der Waals surface area contributed by atoms with Crippen LogP contribution in [0.25, 0.3) is 0 Å². The predicted octanol–water partition coefficient (Wildman–Crippen LogP) is 4.92. The summed E-state index contributed by atoms with van der Waals surface area (Å²) in [5, 5.41) is 5.62. The van der Waals surface area contributed by atoms with Crippen molar-refractivity contribution < 1.29 is 23.5 Å². The maximum Gasteiger partial charge on any atom is 0.259 e. The quantitative estimate of drug-likeness (QED) is 0.331. The molecule has 0 aliphatic heterocycles. The first-order valence-corrected chi connectivity index (χ1v) is 10.8. The van der Waals surface area contributed by atoms with Gasteiger partial charge in [-0.05, 0) is 60.7 Å². The summed E-state index contributed by atoms with van der Waals surface area (Å²) >= 11 is 0. The molecule has 0 radical (unpaired) electrons. The lowest BCUT2D eigenvalue weighted by Gasteiger charge is -2.12. The average molecular weight is 456 g/mol. The number of rotatable bonds is 10. The lowest BCUT2D eigenvalue weighted by Crippen LogP contribution is -2.22. The summed E-state index contributed by atoms with van der Waals surface area (Å²) in [6.07, 6.45) is 1.56. The number of benzene rings is 3. The number of hydrogen-bond donors (Lipinski definition) is 2. The van der Waals surface area contributed by atoms with Crippen LogP contribution in [0.15, 0.2) is 102 Å². The van der Waals surface area contributed by atoms with Crippen molar-refractivity contribution in [3.8, 4) is 11.5 Å². The Morgan fingerprint density at radius 2 is 1.47 bits per heavy atom. The Hall–Kier alpha value is -4.52. The Kier molecular flexibility index (Phi) is 7.58. The minimum absolute atomic E-state index is 0.231. The van der Waals surface area contributed by atoms with E-state index in [0.29, 0.717) is 48.1 Å². The van der Waals surface area contributed by atoms with E-state index in [2.05, 4.69) is 10.6 Å². The molecule has 1 aromatic heterocycles. The summed E-state index contributed by atoms with van der Waals surface area (Å²) in [6, 6.07) is 26.7. The van der Waals surface area contributed by atoms with Gasteiger partial charge in [-0.1, -0.05) is 30.3 Å². The molecule has 0 unspecified atom stereocenters. The molecule has 3 aromatic carbocycles.